The zero-order valence-electron chi connectivity index (χ0n) is 20.6. The van der Waals surface area contributed by atoms with Crippen molar-refractivity contribution in [1.82, 2.24) is 15.1 Å². The van der Waals surface area contributed by atoms with Crippen LogP contribution in [0.5, 0.6) is 0 Å². The fraction of sp³-hybridized carbons (Fsp3) is 0.593. The van der Waals surface area contributed by atoms with Gasteiger partial charge in [0.1, 0.15) is 5.82 Å². The van der Waals surface area contributed by atoms with Crippen molar-refractivity contribution in [2.75, 3.05) is 11.4 Å². The average molecular weight is 453 g/mol. The molecule has 1 aromatic carbocycles. The third-order valence-electron chi connectivity index (χ3n) is 6.65. The highest BCUT2D eigenvalue weighted by atomic mass is 16.2. The third-order valence-corrected chi connectivity index (χ3v) is 6.65. The zero-order chi connectivity index (χ0) is 23.6. The number of hydrogen-bond donors (Lipinski definition) is 1. The molecule has 2 heterocycles. The summed E-state index contributed by atoms with van der Waals surface area (Å²) in [5.41, 5.74) is 2.30. The number of carbonyl (C=O) groups excluding carboxylic acids is 2. The predicted octanol–water partition coefficient (Wildman–Crippen LogP) is 5.04. The summed E-state index contributed by atoms with van der Waals surface area (Å²) < 4.78 is 1.90. The molecule has 6 heteroatoms. The summed E-state index contributed by atoms with van der Waals surface area (Å²) in [7, 11) is 0. The summed E-state index contributed by atoms with van der Waals surface area (Å²) in [6, 6.07) is 12.8. The monoisotopic (exact) mass is 452 g/mol. The van der Waals surface area contributed by atoms with E-state index in [0.29, 0.717) is 12.5 Å². The Morgan fingerprint density at radius 3 is 2.58 bits per heavy atom. The molecule has 1 aromatic heterocycles. The van der Waals surface area contributed by atoms with Crippen LogP contribution in [-0.2, 0) is 22.6 Å². The first kappa shape index (κ1) is 25.0. The van der Waals surface area contributed by atoms with Gasteiger partial charge >= 0.3 is 0 Å². The molecule has 2 atom stereocenters. The fourth-order valence-electron chi connectivity index (χ4n) is 4.79. The van der Waals surface area contributed by atoms with Gasteiger partial charge in [0.15, 0.2) is 0 Å². The lowest BCUT2D eigenvalue weighted by Gasteiger charge is -2.27. The van der Waals surface area contributed by atoms with Gasteiger partial charge in [-0.1, -0.05) is 57.0 Å². The first-order chi connectivity index (χ1) is 16.0. The minimum Gasteiger partial charge on any atom is -0.353 e. The molecular formula is C27H40N4O2. The molecule has 0 saturated carbocycles. The molecule has 2 aromatic rings. The van der Waals surface area contributed by atoms with Crippen molar-refractivity contribution in [3.8, 4) is 0 Å². The lowest BCUT2D eigenvalue weighted by atomic mass is 9.90. The van der Waals surface area contributed by atoms with Crippen LogP contribution in [0, 0.1) is 12.8 Å². The van der Waals surface area contributed by atoms with Crippen LogP contribution in [0.4, 0.5) is 5.82 Å². The number of aromatic nitrogens is 2. The van der Waals surface area contributed by atoms with Gasteiger partial charge in [-0.05, 0) is 50.5 Å². The van der Waals surface area contributed by atoms with Gasteiger partial charge in [-0.2, -0.15) is 5.10 Å². The minimum absolute atomic E-state index is 0.00643. The van der Waals surface area contributed by atoms with Crippen LogP contribution in [0.3, 0.4) is 0 Å². The molecule has 0 fully saturated rings. The van der Waals surface area contributed by atoms with Crippen molar-refractivity contribution >= 4 is 17.6 Å². The van der Waals surface area contributed by atoms with Crippen molar-refractivity contribution < 1.29 is 9.59 Å². The van der Waals surface area contributed by atoms with E-state index < -0.39 is 0 Å². The van der Waals surface area contributed by atoms with E-state index >= 15 is 0 Å². The van der Waals surface area contributed by atoms with Gasteiger partial charge < -0.3 is 5.32 Å². The largest absolute Gasteiger partial charge is 0.353 e. The Kier molecular flexibility index (Phi) is 9.52. The van der Waals surface area contributed by atoms with Crippen LogP contribution in [-0.4, -0.2) is 34.2 Å². The molecular weight excluding hydrogens is 412 g/mol. The normalized spacial score (nSPS) is 15.1. The van der Waals surface area contributed by atoms with Crippen LogP contribution < -0.4 is 10.2 Å². The molecule has 0 spiro atoms. The molecule has 0 radical (unpaired) electrons. The van der Waals surface area contributed by atoms with E-state index in [0.717, 1.165) is 63.0 Å². The Morgan fingerprint density at radius 1 is 1.06 bits per heavy atom. The molecule has 180 valence electrons. The maximum atomic E-state index is 12.8. The predicted molar refractivity (Wildman–Crippen MR) is 133 cm³/mol. The van der Waals surface area contributed by atoms with Crippen molar-refractivity contribution in [2.24, 2.45) is 5.92 Å². The van der Waals surface area contributed by atoms with E-state index in [9.17, 15) is 9.59 Å². The second kappa shape index (κ2) is 12.6. The number of benzene rings is 1. The summed E-state index contributed by atoms with van der Waals surface area (Å²) in [5, 5.41) is 7.67. The highest BCUT2D eigenvalue weighted by molar-refractivity contribution is 5.95. The minimum atomic E-state index is -0.0143. The van der Waals surface area contributed by atoms with E-state index in [1.54, 1.807) is 4.90 Å². The second-order valence-electron chi connectivity index (χ2n) is 9.36. The van der Waals surface area contributed by atoms with Crippen LogP contribution in [0.25, 0.3) is 0 Å². The lowest BCUT2D eigenvalue weighted by molar-refractivity contribution is -0.125. The maximum absolute atomic E-state index is 12.8. The molecule has 2 unspecified atom stereocenters. The molecule has 0 bridgehead atoms. The number of fused-ring (bicyclic) bond motifs is 1. The molecule has 3 rings (SSSR count). The van der Waals surface area contributed by atoms with Crippen LogP contribution in [0.1, 0.15) is 76.5 Å². The number of nitrogens with one attached hydrogen (secondary N) is 1. The van der Waals surface area contributed by atoms with Gasteiger partial charge in [-0.3, -0.25) is 14.5 Å². The standard InChI is InChI=1S/C27H40N4O2/c1-4-10-24(14-13-22(5-2)20-23-11-7-6-8-12-23)28-25(32)15-16-27(33)30-17-9-18-31-26(30)19-21(3)29-31/h6-8,11-12,19,22,24H,4-5,9-10,13-18,20H2,1-3H3,(H,28,32). The quantitative estimate of drug-likeness (QED) is 0.490. The molecule has 0 saturated heterocycles. The summed E-state index contributed by atoms with van der Waals surface area (Å²) in [6.45, 7) is 7.89. The SMILES string of the molecule is CCCC(CCC(CC)Cc1ccccc1)NC(=O)CCC(=O)N1CCCn2nc(C)cc21. The summed E-state index contributed by atoms with van der Waals surface area (Å²) in [4.78, 5) is 27.3. The summed E-state index contributed by atoms with van der Waals surface area (Å²) >= 11 is 0. The summed E-state index contributed by atoms with van der Waals surface area (Å²) in [6.07, 6.45) is 7.71. The van der Waals surface area contributed by atoms with Crippen molar-refractivity contribution in [1.29, 1.82) is 0 Å². The van der Waals surface area contributed by atoms with Gasteiger partial charge in [0.05, 0.1) is 5.69 Å². The average Bonchev–Trinajstić information content (AvgIpc) is 3.21. The number of anilines is 1. The van der Waals surface area contributed by atoms with Crippen molar-refractivity contribution in [2.45, 2.75) is 91.1 Å². The number of aryl methyl sites for hydroxylation is 2. The molecule has 1 aliphatic heterocycles. The number of amides is 2. The van der Waals surface area contributed by atoms with Gasteiger partial charge in [0.25, 0.3) is 0 Å². The Bertz CT molecular complexity index is 893. The Labute approximate surface area is 198 Å². The number of nitrogens with zero attached hydrogens (tertiary/aromatic N) is 3. The number of carbonyl (C=O) groups is 2. The highest BCUT2D eigenvalue weighted by Gasteiger charge is 2.24. The Morgan fingerprint density at radius 2 is 1.85 bits per heavy atom. The molecule has 6 nitrogen and oxygen atoms in total. The first-order valence-corrected chi connectivity index (χ1v) is 12.7. The van der Waals surface area contributed by atoms with E-state index in [4.69, 9.17) is 0 Å². The van der Waals surface area contributed by atoms with Gasteiger partial charge in [0.2, 0.25) is 11.8 Å². The van der Waals surface area contributed by atoms with E-state index in [1.165, 1.54) is 5.56 Å². The van der Waals surface area contributed by atoms with E-state index in [-0.39, 0.29) is 30.7 Å². The Balaban J connectivity index is 1.46. The second-order valence-corrected chi connectivity index (χ2v) is 9.36. The Hall–Kier alpha value is -2.63. The number of hydrogen-bond acceptors (Lipinski definition) is 3. The van der Waals surface area contributed by atoms with Crippen molar-refractivity contribution in [3.63, 3.8) is 0 Å². The van der Waals surface area contributed by atoms with E-state index in [1.807, 2.05) is 17.7 Å². The lowest BCUT2D eigenvalue weighted by Crippen LogP contribution is -2.39. The molecule has 1 N–H and O–H groups in total. The van der Waals surface area contributed by atoms with Crippen LogP contribution >= 0.6 is 0 Å². The van der Waals surface area contributed by atoms with Crippen LogP contribution in [0.15, 0.2) is 36.4 Å². The fourth-order valence-corrected chi connectivity index (χ4v) is 4.79. The number of rotatable bonds is 12. The molecule has 33 heavy (non-hydrogen) atoms. The summed E-state index contributed by atoms with van der Waals surface area (Å²) in [5.74, 6) is 1.47. The third kappa shape index (κ3) is 7.44. The zero-order valence-corrected chi connectivity index (χ0v) is 20.6. The van der Waals surface area contributed by atoms with Crippen molar-refractivity contribution in [3.05, 3.63) is 47.7 Å². The topological polar surface area (TPSA) is 67.2 Å². The van der Waals surface area contributed by atoms with Gasteiger partial charge in [-0.25, -0.2) is 4.68 Å². The van der Waals surface area contributed by atoms with E-state index in [2.05, 4.69) is 54.6 Å². The molecule has 1 aliphatic rings. The van der Waals surface area contributed by atoms with Gasteiger partial charge in [-0.15, -0.1) is 0 Å². The molecule has 0 aliphatic carbocycles. The molecule has 2 amide bonds. The first-order valence-electron chi connectivity index (χ1n) is 12.7. The maximum Gasteiger partial charge on any atom is 0.228 e. The smallest absolute Gasteiger partial charge is 0.228 e. The van der Waals surface area contributed by atoms with Gasteiger partial charge in [0, 0.05) is 38.0 Å². The highest BCUT2D eigenvalue weighted by Crippen LogP contribution is 2.23. The van der Waals surface area contributed by atoms with Crippen LogP contribution in [0.2, 0.25) is 0 Å².